The molecule has 8 nitrogen and oxygen atoms in total. The van der Waals surface area contributed by atoms with Gasteiger partial charge in [0.15, 0.2) is 0 Å². The van der Waals surface area contributed by atoms with E-state index in [0.717, 1.165) is 37.1 Å². The van der Waals surface area contributed by atoms with Crippen LogP contribution in [0.2, 0.25) is 0 Å². The number of aliphatic hydroxyl groups is 1. The SMILES string of the molecule is O=C1CCC(N2Cc3cccc(CNC4(CO)CCNCC4)c3C2=O)C(=O)N1. The Morgan fingerprint density at radius 3 is 2.71 bits per heavy atom. The van der Waals surface area contributed by atoms with Crippen molar-refractivity contribution in [2.45, 2.75) is 50.4 Å². The highest BCUT2D eigenvalue weighted by atomic mass is 16.3. The van der Waals surface area contributed by atoms with Crippen LogP contribution in [0, 0.1) is 0 Å². The number of nitrogens with one attached hydrogen (secondary N) is 3. The zero-order valence-electron chi connectivity index (χ0n) is 15.8. The summed E-state index contributed by atoms with van der Waals surface area (Å²) in [6.45, 7) is 2.62. The molecule has 0 radical (unpaired) electrons. The average Bonchev–Trinajstić information content (AvgIpc) is 3.04. The fourth-order valence-corrected chi connectivity index (χ4v) is 4.42. The van der Waals surface area contributed by atoms with E-state index in [2.05, 4.69) is 16.0 Å². The Morgan fingerprint density at radius 2 is 2.00 bits per heavy atom. The number of benzene rings is 1. The van der Waals surface area contributed by atoms with Crippen LogP contribution >= 0.6 is 0 Å². The maximum Gasteiger partial charge on any atom is 0.255 e. The number of nitrogens with zero attached hydrogens (tertiary/aromatic N) is 1. The summed E-state index contributed by atoms with van der Waals surface area (Å²) in [5, 5.41) is 19.0. The Balaban J connectivity index is 1.52. The molecule has 3 aliphatic rings. The van der Waals surface area contributed by atoms with E-state index in [-0.39, 0.29) is 30.4 Å². The molecule has 0 spiro atoms. The Hall–Kier alpha value is -2.29. The highest BCUT2D eigenvalue weighted by molar-refractivity contribution is 6.05. The van der Waals surface area contributed by atoms with Gasteiger partial charge in [0.1, 0.15) is 6.04 Å². The minimum absolute atomic E-state index is 0.0556. The molecule has 1 unspecified atom stereocenters. The molecule has 28 heavy (non-hydrogen) atoms. The smallest absolute Gasteiger partial charge is 0.255 e. The number of amides is 3. The van der Waals surface area contributed by atoms with Crippen molar-refractivity contribution in [1.82, 2.24) is 20.9 Å². The number of piperidine rings is 2. The number of hydrogen-bond acceptors (Lipinski definition) is 6. The number of aliphatic hydroxyl groups excluding tert-OH is 1. The number of rotatable bonds is 5. The number of carbonyl (C=O) groups is 3. The Labute approximate surface area is 163 Å². The van der Waals surface area contributed by atoms with Crippen LogP contribution in [0.5, 0.6) is 0 Å². The van der Waals surface area contributed by atoms with Crippen LogP contribution in [0.1, 0.15) is 47.2 Å². The molecule has 0 aliphatic carbocycles. The fourth-order valence-electron chi connectivity index (χ4n) is 4.42. The summed E-state index contributed by atoms with van der Waals surface area (Å²) < 4.78 is 0. The first-order valence-electron chi connectivity index (χ1n) is 9.85. The maximum absolute atomic E-state index is 13.1. The van der Waals surface area contributed by atoms with Gasteiger partial charge in [-0.3, -0.25) is 19.7 Å². The molecule has 8 heteroatoms. The standard InChI is InChI=1S/C20H26N4O4/c25-12-20(6-8-21-9-7-20)22-10-13-2-1-3-14-11-24(19(28)17(13)14)15-4-5-16(26)23-18(15)27/h1-3,15,21-22,25H,4-12H2,(H,23,26,27). The molecule has 2 fully saturated rings. The normalized spacial score (nSPS) is 24.2. The molecule has 3 amide bonds. The number of fused-ring (bicyclic) bond motifs is 1. The van der Waals surface area contributed by atoms with E-state index in [9.17, 15) is 19.5 Å². The van der Waals surface area contributed by atoms with E-state index in [0.29, 0.717) is 25.1 Å². The molecule has 1 aromatic carbocycles. The molecule has 150 valence electrons. The van der Waals surface area contributed by atoms with E-state index in [1.54, 1.807) is 4.90 Å². The van der Waals surface area contributed by atoms with Gasteiger partial charge in [-0.25, -0.2) is 0 Å². The number of imide groups is 1. The predicted molar refractivity (Wildman–Crippen MR) is 101 cm³/mol. The molecule has 4 rings (SSSR count). The fraction of sp³-hybridized carbons (Fsp3) is 0.550. The summed E-state index contributed by atoms with van der Waals surface area (Å²) in [5.74, 6) is -0.845. The maximum atomic E-state index is 13.1. The van der Waals surface area contributed by atoms with Crippen molar-refractivity contribution >= 4 is 17.7 Å². The van der Waals surface area contributed by atoms with Gasteiger partial charge in [0, 0.05) is 30.6 Å². The van der Waals surface area contributed by atoms with Crippen LogP contribution in [0.25, 0.3) is 0 Å². The van der Waals surface area contributed by atoms with Crippen LogP contribution in [-0.2, 0) is 22.7 Å². The first-order chi connectivity index (χ1) is 13.5. The van der Waals surface area contributed by atoms with Crippen molar-refractivity contribution in [3.05, 3.63) is 34.9 Å². The van der Waals surface area contributed by atoms with E-state index in [1.807, 2.05) is 18.2 Å². The van der Waals surface area contributed by atoms with Gasteiger partial charge in [0.25, 0.3) is 5.91 Å². The Bertz CT molecular complexity index is 803. The van der Waals surface area contributed by atoms with Crippen molar-refractivity contribution in [3.8, 4) is 0 Å². The summed E-state index contributed by atoms with van der Waals surface area (Å²) in [6.07, 6.45) is 2.26. The van der Waals surface area contributed by atoms with Gasteiger partial charge in [-0.2, -0.15) is 0 Å². The van der Waals surface area contributed by atoms with Crippen LogP contribution in [0.3, 0.4) is 0 Å². The third-order valence-corrected chi connectivity index (χ3v) is 6.16. The molecule has 4 N–H and O–H groups in total. The van der Waals surface area contributed by atoms with Crippen LogP contribution in [-0.4, -0.2) is 59.0 Å². The Morgan fingerprint density at radius 1 is 1.21 bits per heavy atom. The third-order valence-electron chi connectivity index (χ3n) is 6.16. The summed E-state index contributed by atoms with van der Waals surface area (Å²) >= 11 is 0. The second-order valence-electron chi connectivity index (χ2n) is 7.89. The summed E-state index contributed by atoms with van der Waals surface area (Å²) in [5.41, 5.74) is 2.08. The molecule has 2 saturated heterocycles. The first kappa shape index (κ1) is 19.0. The van der Waals surface area contributed by atoms with Gasteiger partial charge < -0.3 is 20.6 Å². The van der Waals surface area contributed by atoms with Crippen molar-refractivity contribution in [2.75, 3.05) is 19.7 Å². The topological polar surface area (TPSA) is 111 Å². The molecule has 0 aromatic heterocycles. The largest absolute Gasteiger partial charge is 0.394 e. The van der Waals surface area contributed by atoms with Gasteiger partial charge in [0.2, 0.25) is 11.8 Å². The second-order valence-corrected chi connectivity index (χ2v) is 7.89. The summed E-state index contributed by atoms with van der Waals surface area (Å²) in [7, 11) is 0. The van der Waals surface area contributed by atoms with Crippen LogP contribution < -0.4 is 16.0 Å². The molecular weight excluding hydrogens is 360 g/mol. The summed E-state index contributed by atoms with van der Waals surface area (Å²) in [6, 6.07) is 5.15. The predicted octanol–water partition coefficient (Wildman–Crippen LogP) is -0.348. The van der Waals surface area contributed by atoms with Crippen molar-refractivity contribution < 1.29 is 19.5 Å². The summed E-state index contributed by atoms with van der Waals surface area (Å²) in [4.78, 5) is 38.3. The third kappa shape index (κ3) is 3.43. The zero-order valence-corrected chi connectivity index (χ0v) is 15.8. The van der Waals surface area contributed by atoms with Gasteiger partial charge in [0.05, 0.1) is 6.61 Å². The first-order valence-corrected chi connectivity index (χ1v) is 9.85. The lowest BCUT2D eigenvalue weighted by molar-refractivity contribution is -0.136. The van der Waals surface area contributed by atoms with Crippen LogP contribution in [0.4, 0.5) is 0 Å². The van der Waals surface area contributed by atoms with Crippen molar-refractivity contribution in [2.24, 2.45) is 0 Å². The number of hydrogen-bond donors (Lipinski definition) is 4. The van der Waals surface area contributed by atoms with E-state index < -0.39 is 11.9 Å². The number of carbonyl (C=O) groups excluding carboxylic acids is 3. The molecule has 0 saturated carbocycles. The van der Waals surface area contributed by atoms with Gasteiger partial charge >= 0.3 is 0 Å². The lowest BCUT2D eigenvalue weighted by atomic mass is 9.88. The molecule has 3 aliphatic heterocycles. The quantitative estimate of drug-likeness (QED) is 0.515. The minimum atomic E-state index is -0.605. The average molecular weight is 386 g/mol. The van der Waals surface area contributed by atoms with Crippen LogP contribution in [0.15, 0.2) is 18.2 Å². The second kappa shape index (κ2) is 7.62. The van der Waals surface area contributed by atoms with E-state index in [4.69, 9.17) is 0 Å². The van der Waals surface area contributed by atoms with Crippen molar-refractivity contribution in [3.63, 3.8) is 0 Å². The zero-order chi connectivity index (χ0) is 19.7. The van der Waals surface area contributed by atoms with Gasteiger partial charge in [-0.1, -0.05) is 18.2 Å². The molecule has 1 atom stereocenters. The molecular formula is C20H26N4O4. The van der Waals surface area contributed by atoms with Crippen molar-refractivity contribution in [1.29, 1.82) is 0 Å². The molecule has 3 heterocycles. The Kier molecular flexibility index (Phi) is 5.18. The van der Waals surface area contributed by atoms with E-state index in [1.165, 1.54) is 0 Å². The van der Waals surface area contributed by atoms with Gasteiger partial charge in [-0.05, 0) is 43.5 Å². The highest BCUT2D eigenvalue weighted by Gasteiger charge is 2.40. The minimum Gasteiger partial charge on any atom is -0.394 e. The van der Waals surface area contributed by atoms with E-state index >= 15 is 0 Å². The molecule has 1 aromatic rings. The monoisotopic (exact) mass is 386 g/mol. The van der Waals surface area contributed by atoms with Gasteiger partial charge in [-0.15, -0.1) is 0 Å². The lowest BCUT2D eigenvalue weighted by Crippen LogP contribution is -2.54. The molecule has 0 bridgehead atoms. The lowest BCUT2D eigenvalue weighted by Gasteiger charge is -2.37. The highest BCUT2D eigenvalue weighted by Crippen LogP contribution is 2.30.